The van der Waals surface area contributed by atoms with Crippen molar-refractivity contribution in [2.24, 2.45) is 0 Å². The molecule has 0 aliphatic rings. The zero-order valence-electron chi connectivity index (χ0n) is 11.4. The van der Waals surface area contributed by atoms with Crippen LogP contribution in [0.2, 0.25) is 0 Å². The molecule has 0 radical (unpaired) electrons. The van der Waals surface area contributed by atoms with E-state index in [1.165, 1.54) is 6.07 Å². The van der Waals surface area contributed by atoms with Gasteiger partial charge < -0.3 is 14.5 Å². The number of aryl methyl sites for hydroxylation is 1. The molecule has 1 heterocycles. The molecule has 2 rings (SSSR count). The smallest absolute Gasteiger partial charge is 0.178 e. The van der Waals surface area contributed by atoms with Crippen molar-refractivity contribution < 1.29 is 4.39 Å². The van der Waals surface area contributed by atoms with Crippen LogP contribution in [0.15, 0.2) is 18.2 Å². The van der Waals surface area contributed by atoms with Gasteiger partial charge in [-0.2, -0.15) is 0 Å². The molecule has 1 aromatic carbocycles. The molecule has 5 heteroatoms. The monoisotopic (exact) mass is 281 g/mol. The van der Waals surface area contributed by atoms with Crippen molar-refractivity contribution in [3.8, 4) is 0 Å². The Bertz CT molecular complexity index is 598. The van der Waals surface area contributed by atoms with E-state index in [9.17, 15) is 4.39 Å². The molecule has 0 saturated carbocycles. The zero-order valence-corrected chi connectivity index (χ0v) is 12.3. The maximum Gasteiger partial charge on any atom is 0.178 e. The largest absolute Gasteiger partial charge is 0.328 e. The van der Waals surface area contributed by atoms with Crippen LogP contribution in [0.1, 0.15) is 20.3 Å². The third-order valence-corrected chi connectivity index (χ3v) is 3.83. The average Bonchev–Trinajstić information content (AvgIpc) is 2.73. The van der Waals surface area contributed by atoms with E-state index in [1.54, 1.807) is 6.07 Å². The first-order valence-electron chi connectivity index (χ1n) is 6.76. The molecule has 3 nitrogen and oxygen atoms in total. The first kappa shape index (κ1) is 14.2. The summed E-state index contributed by atoms with van der Waals surface area (Å²) >= 11 is 5.28. The number of hydrogen-bond donors (Lipinski definition) is 1. The Hall–Kier alpha value is -1.20. The van der Waals surface area contributed by atoms with E-state index < -0.39 is 0 Å². The highest BCUT2D eigenvalue weighted by atomic mass is 32.1. The third-order valence-electron chi connectivity index (χ3n) is 3.51. The van der Waals surface area contributed by atoms with E-state index in [2.05, 4.69) is 23.7 Å². The van der Waals surface area contributed by atoms with Crippen molar-refractivity contribution in [1.82, 2.24) is 14.5 Å². The van der Waals surface area contributed by atoms with Crippen LogP contribution in [-0.2, 0) is 6.54 Å². The molecule has 0 fully saturated rings. The van der Waals surface area contributed by atoms with Crippen LogP contribution < -0.4 is 0 Å². The highest BCUT2D eigenvalue weighted by molar-refractivity contribution is 7.71. The highest BCUT2D eigenvalue weighted by Gasteiger charge is 2.08. The van der Waals surface area contributed by atoms with Crippen LogP contribution >= 0.6 is 12.2 Å². The molecule has 2 aromatic rings. The minimum absolute atomic E-state index is 0.244. The van der Waals surface area contributed by atoms with Crippen molar-refractivity contribution in [2.75, 3.05) is 19.6 Å². The summed E-state index contributed by atoms with van der Waals surface area (Å²) in [6.45, 7) is 8.30. The van der Waals surface area contributed by atoms with Crippen molar-refractivity contribution in [1.29, 1.82) is 0 Å². The van der Waals surface area contributed by atoms with Gasteiger partial charge in [0.15, 0.2) is 4.77 Å². The summed E-state index contributed by atoms with van der Waals surface area (Å²) in [4.78, 5) is 5.32. The van der Waals surface area contributed by atoms with Gasteiger partial charge in [-0.3, -0.25) is 0 Å². The first-order chi connectivity index (χ1) is 9.17. The lowest BCUT2D eigenvalue weighted by molar-refractivity contribution is 0.293. The van der Waals surface area contributed by atoms with Crippen molar-refractivity contribution in [3.05, 3.63) is 28.8 Å². The Morgan fingerprint density at radius 1 is 1.32 bits per heavy atom. The SMILES string of the molecule is CCN(CC)CCCn1c(=S)[nH]c2c(F)cccc21. The highest BCUT2D eigenvalue weighted by Crippen LogP contribution is 2.17. The Kier molecular flexibility index (Phi) is 4.71. The lowest BCUT2D eigenvalue weighted by Gasteiger charge is -2.17. The minimum Gasteiger partial charge on any atom is -0.328 e. The fraction of sp³-hybridized carbons (Fsp3) is 0.500. The van der Waals surface area contributed by atoms with Gasteiger partial charge in [-0.25, -0.2) is 4.39 Å². The zero-order chi connectivity index (χ0) is 13.8. The summed E-state index contributed by atoms with van der Waals surface area (Å²) < 4.78 is 16.2. The van der Waals surface area contributed by atoms with Gasteiger partial charge in [0.2, 0.25) is 0 Å². The quantitative estimate of drug-likeness (QED) is 0.818. The van der Waals surface area contributed by atoms with Gasteiger partial charge in [0.05, 0.1) is 5.52 Å². The number of nitrogens with one attached hydrogen (secondary N) is 1. The second kappa shape index (κ2) is 6.30. The number of aromatic nitrogens is 2. The molecule has 0 saturated heterocycles. The van der Waals surface area contributed by atoms with Gasteiger partial charge in [-0.15, -0.1) is 0 Å². The number of imidazole rings is 1. The molecule has 1 N–H and O–H groups in total. The first-order valence-corrected chi connectivity index (χ1v) is 7.17. The van der Waals surface area contributed by atoms with Crippen LogP contribution in [0.3, 0.4) is 0 Å². The number of para-hydroxylation sites is 1. The van der Waals surface area contributed by atoms with E-state index in [4.69, 9.17) is 12.2 Å². The molecule has 1 aromatic heterocycles. The minimum atomic E-state index is -0.244. The molecular weight excluding hydrogens is 261 g/mol. The molecule has 19 heavy (non-hydrogen) atoms. The van der Waals surface area contributed by atoms with Crippen LogP contribution in [0.5, 0.6) is 0 Å². The normalized spacial score (nSPS) is 11.6. The van der Waals surface area contributed by atoms with E-state index in [0.29, 0.717) is 10.3 Å². The Morgan fingerprint density at radius 3 is 2.74 bits per heavy atom. The molecular formula is C14H20FN3S. The van der Waals surface area contributed by atoms with Crippen LogP contribution in [0.25, 0.3) is 11.0 Å². The van der Waals surface area contributed by atoms with Crippen LogP contribution in [0.4, 0.5) is 4.39 Å². The fourth-order valence-electron chi connectivity index (χ4n) is 2.36. The Balaban J connectivity index is 2.15. The number of rotatable bonds is 6. The third kappa shape index (κ3) is 3.04. The standard InChI is InChI=1S/C14H20FN3S/c1-3-17(4-2)9-6-10-18-12-8-5-7-11(15)13(12)16-14(18)19/h5,7-8H,3-4,6,9-10H2,1-2H3,(H,16,19). The summed E-state index contributed by atoms with van der Waals surface area (Å²) in [6.07, 6.45) is 1.01. The molecule has 0 aliphatic carbocycles. The summed E-state index contributed by atoms with van der Waals surface area (Å²) in [5, 5.41) is 0. The molecule has 0 aliphatic heterocycles. The fourth-order valence-corrected chi connectivity index (χ4v) is 2.65. The number of nitrogens with zero attached hydrogens (tertiary/aromatic N) is 2. The average molecular weight is 281 g/mol. The number of benzene rings is 1. The van der Waals surface area contributed by atoms with E-state index in [1.807, 2.05) is 10.6 Å². The number of H-pyrrole nitrogens is 1. The van der Waals surface area contributed by atoms with E-state index in [-0.39, 0.29) is 5.82 Å². The van der Waals surface area contributed by atoms with E-state index in [0.717, 1.165) is 38.1 Å². The van der Waals surface area contributed by atoms with Gasteiger partial charge >= 0.3 is 0 Å². The predicted molar refractivity (Wildman–Crippen MR) is 79.5 cm³/mol. The lowest BCUT2D eigenvalue weighted by atomic mass is 10.3. The van der Waals surface area contributed by atoms with Crippen molar-refractivity contribution in [2.45, 2.75) is 26.8 Å². The second-order valence-electron chi connectivity index (χ2n) is 4.60. The second-order valence-corrected chi connectivity index (χ2v) is 4.98. The molecule has 0 spiro atoms. The number of aromatic amines is 1. The van der Waals surface area contributed by atoms with Crippen molar-refractivity contribution >= 4 is 23.3 Å². The predicted octanol–water partition coefficient (Wildman–Crippen LogP) is 3.57. The van der Waals surface area contributed by atoms with Gasteiger partial charge in [-0.05, 0) is 50.4 Å². The lowest BCUT2D eigenvalue weighted by Crippen LogP contribution is -2.24. The molecule has 0 amide bonds. The van der Waals surface area contributed by atoms with Gasteiger partial charge in [0.25, 0.3) is 0 Å². The summed E-state index contributed by atoms with van der Waals surface area (Å²) in [7, 11) is 0. The number of halogens is 1. The molecule has 0 bridgehead atoms. The maximum absolute atomic E-state index is 13.6. The number of hydrogen-bond acceptors (Lipinski definition) is 2. The molecule has 104 valence electrons. The topological polar surface area (TPSA) is 24.0 Å². The van der Waals surface area contributed by atoms with Gasteiger partial charge in [0.1, 0.15) is 11.3 Å². The Labute approximate surface area is 118 Å². The van der Waals surface area contributed by atoms with Crippen molar-refractivity contribution in [3.63, 3.8) is 0 Å². The maximum atomic E-state index is 13.6. The summed E-state index contributed by atoms with van der Waals surface area (Å²) in [6, 6.07) is 5.08. The summed E-state index contributed by atoms with van der Waals surface area (Å²) in [5.41, 5.74) is 1.36. The number of fused-ring (bicyclic) bond motifs is 1. The van der Waals surface area contributed by atoms with Crippen LogP contribution in [0, 0.1) is 10.6 Å². The van der Waals surface area contributed by atoms with E-state index >= 15 is 0 Å². The van der Waals surface area contributed by atoms with Gasteiger partial charge in [0, 0.05) is 6.54 Å². The molecule has 0 unspecified atom stereocenters. The van der Waals surface area contributed by atoms with Gasteiger partial charge in [-0.1, -0.05) is 19.9 Å². The van der Waals surface area contributed by atoms with Crippen LogP contribution in [-0.4, -0.2) is 34.1 Å². The summed E-state index contributed by atoms with van der Waals surface area (Å²) in [5.74, 6) is -0.244. The molecule has 0 atom stereocenters. The Morgan fingerprint density at radius 2 is 2.05 bits per heavy atom.